The largest absolute Gasteiger partial charge is 0.377 e. The van der Waals surface area contributed by atoms with Crippen LogP contribution in [0, 0.1) is 6.92 Å². The maximum Gasteiger partial charge on any atom is 0.0672 e. The molecule has 4 heteroatoms. The van der Waals surface area contributed by atoms with Crippen molar-refractivity contribution >= 4 is 28.0 Å². The molecule has 0 radical (unpaired) electrons. The van der Waals surface area contributed by atoms with Crippen LogP contribution in [0.15, 0.2) is 29.2 Å². The van der Waals surface area contributed by atoms with Gasteiger partial charge in [-0.05, 0) is 31.9 Å². The van der Waals surface area contributed by atoms with Gasteiger partial charge in [0.25, 0.3) is 0 Å². The molecule has 1 atom stereocenters. The van der Waals surface area contributed by atoms with Gasteiger partial charge in [0, 0.05) is 28.9 Å². The van der Waals surface area contributed by atoms with Gasteiger partial charge >= 0.3 is 0 Å². The van der Waals surface area contributed by atoms with Gasteiger partial charge in [0.05, 0.1) is 6.10 Å². The van der Waals surface area contributed by atoms with Crippen molar-refractivity contribution in [1.29, 1.82) is 0 Å². The van der Waals surface area contributed by atoms with E-state index in [2.05, 4.69) is 15.9 Å². The molecule has 1 aliphatic heterocycles. The van der Waals surface area contributed by atoms with Crippen LogP contribution in [0.5, 0.6) is 0 Å². The fourth-order valence-corrected chi connectivity index (χ4v) is 2.13. The van der Waals surface area contributed by atoms with E-state index >= 15 is 0 Å². The Morgan fingerprint density at radius 1 is 1.44 bits per heavy atom. The van der Waals surface area contributed by atoms with Crippen LogP contribution >= 0.6 is 28.0 Å². The number of ether oxygens (including phenoxy) is 1. The highest BCUT2D eigenvalue weighted by Gasteiger charge is 2.12. The van der Waals surface area contributed by atoms with E-state index in [9.17, 15) is 0 Å². The third-order valence-electron chi connectivity index (χ3n) is 2.32. The van der Waals surface area contributed by atoms with Gasteiger partial charge < -0.3 is 9.29 Å². The molecule has 1 unspecified atom stereocenters. The van der Waals surface area contributed by atoms with Crippen molar-refractivity contribution in [1.82, 2.24) is 0 Å². The number of halogens is 1. The van der Waals surface area contributed by atoms with Crippen molar-refractivity contribution < 1.29 is 9.29 Å². The normalized spacial score (nSPS) is 19.1. The number of hydrogen-bond acceptors (Lipinski definition) is 3. The molecular weight excluding hydrogens is 288 g/mol. The Bertz CT molecular complexity index is 284. The first-order valence-corrected chi connectivity index (χ1v) is 7.21. The van der Waals surface area contributed by atoms with Gasteiger partial charge in [-0.15, -0.1) is 0 Å². The summed E-state index contributed by atoms with van der Waals surface area (Å²) in [6, 6.07) is 7.72. The van der Waals surface area contributed by atoms with Gasteiger partial charge in [0.2, 0.25) is 0 Å². The van der Waals surface area contributed by atoms with Gasteiger partial charge in [-0.25, -0.2) is 0 Å². The van der Waals surface area contributed by atoms with Gasteiger partial charge in [-0.3, -0.25) is 0 Å². The maximum absolute atomic E-state index is 8.55. The average Bonchev–Trinajstić information content (AvgIpc) is 2.84. The summed E-state index contributed by atoms with van der Waals surface area (Å²) in [6.07, 6.45) is 3.00. The van der Waals surface area contributed by atoms with E-state index in [1.54, 1.807) is 0 Å². The summed E-state index contributed by atoms with van der Waals surface area (Å²) >= 11 is 4.13. The molecule has 1 aromatic rings. The highest BCUT2D eigenvalue weighted by atomic mass is 79.9. The standard InChI is InChI=1S/C7H8OS.C5H9BrO/c1-6-2-4-7(9-8)5-3-6;6-4-5-2-1-3-7-5/h2-5,8H,1H3;5H,1-4H2. The number of rotatable bonds is 2. The highest BCUT2D eigenvalue weighted by Crippen LogP contribution is 2.13. The zero-order valence-electron chi connectivity index (χ0n) is 9.36. The van der Waals surface area contributed by atoms with E-state index in [0.717, 1.165) is 28.9 Å². The molecule has 0 bridgehead atoms. The second-order valence-corrected chi connectivity index (χ2v) is 5.00. The predicted molar refractivity (Wildman–Crippen MR) is 72.4 cm³/mol. The van der Waals surface area contributed by atoms with Gasteiger partial charge in [-0.1, -0.05) is 33.6 Å². The molecule has 2 nitrogen and oxygen atoms in total. The zero-order valence-corrected chi connectivity index (χ0v) is 11.8. The molecule has 1 heterocycles. The Morgan fingerprint density at radius 3 is 2.50 bits per heavy atom. The van der Waals surface area contributed by atoms with Crippen LogP contribution in [0.3, 0.4) is 0 Å². The lowest BCUT2D eigenvalue weighted by atomic mass is 10.2. The SMILES string of the molecule is BrCC1CCCO1.Cc1ccc(SO)cc1. The minimum absolute atomic E-state index is 0.514. The molecule has 1 aromatic carbocycles. The van der Waals surface area contributed by atoms with E-state index in [1.165, 1.54) is 18.4 Å². The first-order valence-electron chi connectivity index (χ1n) is 5.32. The molecule has 1 aliphatic rings. The molecule has 0 amide bonds. The van der Waals surface area contributed by atoms with Crippen molar-refractivity contribution in [3.63, 3.8) is 0 Å². The molecule has 0 spiro atoms. The van der Waals surface area contributed by atoms with Gasteiger partial charge in [0.1, 0.15) is 0 Å². The number of alkyl halides is 1. The monoisotopic (exact) mass is 304 g/mol. The molecule has 1 fully saturated rings. The number of hydrogen-bond donors (Lipinski definition) is 1. The first-order chi connectivity index (χ1) is 7.76. The minimum Gasteiger partial charge on any atom is -0.377 e. The topological polar surface area (TPSA) is 29.5 Å². The Morgan fingerprint density at radius 2 is 2.12 bits per heavy atom. The summed E-state index contributed by atoms with van der Waals surface area (Å²) < 4.78 is 13.8. The van der Waals surface area contributed by atoms with Crippen molar-refractivity contribution in [3.05, 3.63) is 29.8 Å². The summed E-state index contributed by atoms with van der Waals surface area (Å²) in [5.74, 6) is 0. The Balaban J connectivity index is 0.000000165. The molecule has 16 heavy (non-hydrogen) atoms. The van der Waals surface area contributed by atoms with Crippen molar-refractivity contribution in [2.45, 2.75) is 30.8 Å². The molecule has 0 saturated carbocycles. The Hall–Kier alpha value is -0.0300. The Labute approximate surface area is 110 Å². The van der Waals surface area contributed by atoms with Crippen LogP contribution < -0.4 is 0 Å². The van der Waals surface area contributed by atoms with Crippen molar-refractivity contribution in [2.24, 2.45) is 0 Å². The summed E-state index contributed by atoms with van der Waals surface area (Å²) in [5.41, 5.74) is 1.22. The van der Waals surface area contributed by atoms with E-state index < -0.39 is 0 Å². The molecular formula is C12H17BrO2S. The molecule has 90 valence electrons. The van der Waals surface area contributed by atoms with Crippen LogP contribution in [0.25, 0.3) is 0 Å². The predicted octanol–water partition coefficient (Wildman–Crippen LogP) is 4.12. The van der Waals surface area contributed by atoms with E-state index in [4.69, 9.17) is 9.29 Å². The third kappa shape index (κ3) is 5.34. The van der Waals surface area contributed by atoms with Gasteiger partial charge in [0.15, 0.2) is 0 Å². The van der Waals surface area contributed by atoms with Crippen LogP contribution in [0.4, 0.5) is 0 Å². The van der Waals surface area contributed by atoms with Crippen LogP contribution in [-0.2, 0) is 4.74 Å². The summed E-state index contributed by atoms with van der Waals surface area (Å²) in [6.45, 7) is 2.99. The van der Waals surface area contributed by atoms with E-state index in [0.29, 0.717) is 6.10 Å². The average molecular weight is 305 g/mol. The smallest absolute Gasteiger partial charge is 0.0672 e. The van der Waals surface area contributed by atoms with Crippen LogP contribution in [0.2, 0.25) is 0 Å². The molecule has 1 saturated heterocycles. The van der Waals surface area contributed by atoms with E-state index in [1.807, 2.05) is 31.2 Å². The lowest BCUT2D eigenvalue weighted by Crippen LogP contribution is -2.04. The highest BCUT2D eigenvalue weighted by molar-refractivity contribution is 9.09. The first kappa shape index (κ1) is 14.0. The quantitative estimate of drug-likeness (QED) is 0.658. The summed E-state index contributed by atoms with van der Waals surface area (Å²) in [4.78, 5) is 0.889. The van der Waals surface area contributed by atoms with Crippen LogP contribution in [-0.4, -0.2) is 22.6 Å². The number of benzene rings is 1. The zero-order chi connectivity index (χ0) is 11.8. The van der Waals surface area contributed by atoms with Crippen molar-refractivity contribution in [3.8, 4) is 0 Å². The number of aryl methyl sites for hydroxylation is 1. The molecule has 1 N–H and O–H groups in total. The minimum atomic E-state index is 0.514. The fourth-order valence-electron chi connectivity index (χ4n) is 1.37. The second-order valence-electron chi connectivity index (χ2n) is 3.69. The summed E-state index contributed by atoms with van der Waals surface area (Å²) in [7, 11) is 0. The molecule has 0 aliphatic carbocycles. The summed E-state index contributed by atoms with van der Waals surface area (Å²) in [5, 5.41) is 1.01. The second kappa shape index (κ2) is 8.12. The molecule has 2 rings (SSSR count). The Kier molecular flexibility index (Phi) is 7.12. The van der Waals surface area contributed by atoms with Crippen LogP contribution in [0.1, 0.15) is 18.4 Å². The van der Waals surface area contributed by atoms with Crippen molar-refractivity contribution in [2.75, 3.05) is 11.9 Å². The third-order valence-corrected chi connectivity index (χ3v) is 3.53. The van der Waals surface area contributed by atoms with Gasteiger partial charge in [-0.2, -0.15) is 0 Å². The lowest BCUT2D eigenvalue weighted by Gasteiger charge is -2.00. The molecule has 0 aromatic heterocycles. The fraction of sp³-hybridized carbons (Fsp3) is 0.500. The lowest BCUT2D eigenvalue weighted by molar-refractivity contribution is 0.129. The van der Waals surface area contributed by atoms with E-state index in [-0.39, 0.29) is 0 Å². The maximum atomic E-state index is 8.55.